The number of carboxylic acids is 1. The van der Waals surface area contributed by atoms with Crippen LogP contribution in [0.2, 0.25) is 5.02 Å². The molecule has 0 fully saturated rings. The molecule has 96 valence electrons. The normalized spacial score (nSPS) is 10.8. The third-order valence-electron chi connectivity index (χ3n) is 2.93. The minimum absolute atomic E-state index is 0.0915. The summed E-state index contributed by atoms with van der Waals surface area (Å²) in [6.45, 7) is 2.38. The Hall–Kier alpha value is -1.68. The van der Waals surface area contributed by atoms with Gasteiger partial charge in [-0.05, 0) is 25.1 Å². The number of aryl methyl sites for hydroxylation is 2. The number of hydrogen-bond acceptors (Lipinski definition) is 2. The molecule has 0 spiro atoms. The van der Waals surface area contributed by atoms with Crippen LogP contribution >= 0.6 is 11.6 Å². The molecule has 4 nitrogen and oxygen atoms in total. The molecule has 0 atom stereocenters. The van der Waals surface area contributed by atoms with Crippen LogP contribution in [-0.4, -0.2) is 22.8 Å². The van der Waals surface area contributed by atoms with Gasteiger partial charge in [0, 0.05) is 23.1 Å². The maximum atomic E-state index is 10.6. The van der Waals surface area contributed by atoms with Gasteiger partial charge in [-0.3, -0.25) is 4.79 Å². The molecule has 18 heavy (non-hydrogen) atoms. The lowest BCUT2D eigenvalue weighted by Crippen LogP contribution is -2.05. The Bertz CT molecular complexity index is 604. The molecule has 0 amide bonds. The molecule has 0 radical (unpaired) electrons. The molecule has 2 rings (SSSR count). The van der Waals surface area contributed by atoms with Crippen molar-refractivity contribution >= 4 is 28.5 Å². The monoisotopic (exact) mass is 267 g/mol. The molecule has 0 aliphatic carbocycles. The van der Waals surface area contributed by atoms with Crippen LogP contribution in [0, 0.1) is 6.92 Å². The highest BCUT2D eigenvalue weighted by Gasteiger charge is 2.10. The average Bonchev–Trinajstić information content (AvgIpc) is 2.60. The van der Waals surface area contributed by atoms with Crippen molar-refractivity contribution in [3.63, 3.8) is 0 Å². The first kappa shape index (κ1) is 12.8. The molecule has 0 saturated heterocycles. The van der Waals surface area contributed by atoms with Gasteiger partial charge in [0.15, 0.2) is 0 Å². The topological polar surface area (TPSA) is 51.5 Å². The van der Waals surface area contributed by atoms with Crippen molar-refractivity contribution < 1.29 is 14.6 Å². The summed E-state index contributed by atoms with van der Waals surface area (Å²) in [5.74, 6) is -0.185. The van der Waals surface area contributed by atoms with Crippen molar-refractivity contribution in [2.75, 3.05) is 7.11 Å². The number of halogens is 1. The van der Waals surface area contributed by atoms with Crippen LogP contribution in [0.5, 0.6) is 5.75 Å². The number of carbonyl (C=O) groups is 1. The van der Waals surface area contributed by atoms with E-state index in [2.05, 4.69) is 0 Å². The SMILES string of the molecule is COc1cc2cc(C)n(CCC(=O)O)c2cc1Cl. The molecule has 1 aromatic heterocycles. The summed E-state index contributed by atoms with van der Waals surface area (Å²) in [6.07, 6.45) is 0.0915. The van der Waals surface area contributed by atoms with E-state index in [1.54, 1.807) is 7.11 Å². The lowest BCUT2D eigenvalue weighted by atomic mass is 10.2. The molecular formula is C13H14ClNO3. The van der Waals surface area contributed by atoms with Gasteiger partial charge in [0.1, 0.15) is 5.75 Å². The number of benzene rings is 1. The third kappa shape index (κ3) is 2.29. The number of nitrogens with zero attached hydrogens (tertiary/aromatic N) is 1. The zero-order valence-electron chi connectivity index (χ0n) is 10.2. The van der Waals surface area contributed by atoms with Gasteiger partial charge in [-0.2, -0.15) is 0 Å². The van der Waals surface area contributed by atoms with E-state index in [0.717, 1.165) is 16.6 Å². The second-order valence-corrected chi connectivity index (χ2v) is 4.53. The Morgan fingerprint density at radius 1 is 1.44 bits per heavy atom. The predicted octanol–water partition coefficient (Wildman–Crippen LogP) is 3.09. The number of aromatic nitrogens is 1. The Morgan fingerprint density at radius 2 is 2.17 bits per heavy atom. The van der Waals surface area contributed by atoms with Gasteiger partial charge in [0.2, 0.25) is 0 Å². The Balaban J connectivity index is 2.50. The largest absolute Gasteiger partial charge is 0.495 e. The molecule has 1 heterocycles. The Labute approximate surface area is 110 Å². The van der Waals surface area contributed by atoms with Crippen LogP contribution < -0.4 is 4.74 Å². The Morgan fingerprint density at radius 3 is 2.78 bits per heavy atom. The molecule has 1 aromatic carbocycles. The number of fused-ring (bicyclic) bond motifs is 1. The fourth-order valence-electron chi connectivity index (χ4n) is 2.06. The summed E-state index contributed by atoms with van der Waals surface area (Å²) in [4.78, 5) is 10.6. The second-order valence-electron chi connectivity index (χ2n) is 4.13. The van der Waals surface area contributed by atoms with Gasteiger partial charge in [0.05, 0.1) is 18.6 Å². The van der Waals surface area contributed by atoms with Gasteiger partial charge in [-0.25, -0.2) is 0 Å². The summed E-state index contributed by atoms with van der Waals surface area (Å²) in [6, 6.07) is 5.67. The molecular weight excluding hydrogens is 254 g/mol. The first-order valence-electron chi connectivity index (χ1n) is 5.58. The van der Waals surface area contributed by atoms with E-state index in [9.17, 15) is 4.79 Å². The summed E-state index contributed by atoms with van der Waals surface area (Å²) >= 11 is 6.09. The number of hydrogen-bond donors (Lipinski definition) is 1. The molecule has 0 bridgehead atoms. The number of methoxy groups -OCH3 is 1. The van der Waals surface area contributed by atoms with Crippen LogP contribution in [-0.2, 0) is 11.3 Å². The van der Waals surface area contributed by atoms with E-state index in [-0.39, 0.29) is 6.42 Å². The second kappa shape index (κ2) is 4.90. The van der Waals surface area contributed by atoms with E-state index >= 15 is 0 Å². The first-order valence-corrected chi connectivity index (χ1v) is 5.96. The summed E-state index contributed by atoms with van der Waals surface area (Å²) in [7, 11) is 1.57. The standard InChI is InChI=1S/C13H14ClNO3/c1-8-5-9-6-12(18-2)10(14)7-11(9)15(8)4-3-13(16)17/h5-7H,3-4H2,1-2H3,(H,16,17). The van der Waals surface area contributed by atoms with Crippen molar-refractivity contribution in [2.24, 2.45) is 0 Å². The van der Waals surface area contributed by atoms with Crippen molar-refractivity contribution in [3.8, 4) is 5.75 Å². The zero-order valence-corrected chi connectivity index (χ0v) is 11.0. The van der Waals surface area contributed by atoms with E-state index < -0.39 is 5.97 Å². The Kier molecular flexibility index (Phi) is 3.48. The quantitative estimate of drug-likeness (QED) is 0.926. The summed E-state index contributed by atoms with van der Waals surface area (Å²) in [5, 5.41) is 10.3. The molecule has 0 unspecified atom stereocenters. The number of aliphatic carboxylic acids is 1. The fourth-order valence-corrected chi connectivity index (χ4v) is 2.30. The molecule has 0 aliphatic rings. The van der Waals surface area contributed by atoms with Crippen LogP contribution in [0.25, 0.3) is 10.9 Å². The van der Waals surface area contributed by atoms with Crippen molar-refractivity contribution in [3.05, 3.63) is 28.9 Å². The summed E-state index contributed by atoms with van der Waals surface area (Å²) < 4.78 is 7.12. The van der Waals surface area contributed by atoms with E-state index in [4.69, 9.17) is 21.4 Å². The fraction of sp³-hybridized carbons (Fsp3) is 0.308. The smallest absolute Gasteiger partial charge is 0.305 e. The minimum atomic E-state index is -0.809. The average molecular weight is 268 g/mol. The first-order chi connectivity index (χ1) is 8.52. The van der Waals surface area contributed by atoms with Crippen LogP contribution in [0.15, 0.2) is 18.2 Å². The molecule has 0 saturated carbocycles. The van der Waals surface area contributed by atoms with Gasteiger partial charge in [-0.15, -0.1) is 0 Å². The minimum Gasteiger partial charge on any atom is -0.495 e. The molecule has 2 aromatic rings. The molecule has 1 N–H and O–H groups in total. The van der Waals surface area contributed by atoms with E-state index in [0.29, 0.717) is 17.3 Å². The van der Waals surface area contributed by atoms with Gasteiger partial charge in [-0.1, -0.05) is 11.6 Å². The van der Waals surface area contributed by atoms with Crippen molar-refractivity contribution in [1.29, 1.82) is 0 Å². The highest BCUT2D eigenvalue weighted by molar-refractivity contribution is 6.32. The highest BCUT2D eigenvalue weighted by atomic mass is 35.5. The van der Waals surface area contributed by atoms with Gasteiger partial charge >= 0.3 is 5.97 Å². The third-order valence-corrected chi connectivity index (χ3v) is 3.23. The predicted molar refractivity (Wildman–Crippen MR) is 70.5 cm³/mol. The van der Waals surface area contributed by atoms with Crippen LogP contribution in [0.1, 0.15) is 12.1 Å². The molecule has 5 heteroatoms. The van der Waals surface area contributed by atoms with Crippen LogP contribution in [0.4, 0.5) is 0 Å². The van der Waals surface area contributed by atoms with E-state index in [1.807, 2.05) is 29.7 Å². The number of rotatable bonds is 4. The van der Waals surface area contributed by atoms with Crippen LogP contribution in [0.3, 0.4) is 0 Å². The lowest BCUT2D eigenvalue weighted by Gasteiger charge is -2.08. The highest BCUT2D eigenvalue weighted by Crippen LogP contribution is 2.31. The number of carboxylic acid groups (broad SMARTS) is 1. The maximum Gasteiger partial charge on any atom is 0.305 e. The lowest BCUT2D eigenvalue weighted by molar-refractivity contribution is -0.137. The maximum absolute atomic E-state index is 10.6. The van der Waals surface area contributed by atoms with Gasteiger partial charge < -0.3 is 14.4 Å². The number of ether oxygens (including phenoxy) is 1. The van der Waals surface area contributed by atoms with Crippen molar-refractivity contribution in [1.82, 2.24) is 4.57 Å². The zero-order chi connectivity index (χ0) is 13.3. The van der Waals surface area contributed by atoms with E-state index in [1.165, 1.54) is 0 Å². The molecule has 0 aliphatic heterocycles. The van der Waals surface area contributed by atoms with Gasteiger partial charge in [0.25, 0.3) is 0 Å². The summed E-state index contributed by atoms with van der Waals surface area (Å²) in [5.41, 5.74) is 1.94. The van der Waals surface area contributed by atoms with Crippen molar-refractivity contribution in [2.45, 2.75) is 19.9 Å².